The molecule has 0 aliphatic heterocycles. The van der Waals surface area contributed by atoms with E-state index < -0.39 is 28.9 Å². The Hall–Kier alpha value is -3.38. The first kappa shape index (κ1) is 21.3. The van der Waals surface area contributed by atoms with Crippen LogP contribution in [0.4, 0.5) is 5.69 Å². The molecule has 3 rings (SSSR count). The van der Waals surface area contributed by atoms with Gasteiger partial charge in [0.2, 0.25) is 0 Å². The number of rotatable bonds is 7. The molecule has 0 radical (unpaired) electrons. The quantitative estimate of drug-likeness (QED) is 0.406. The largest absolute Gasteiger partial charge is 0.452 e. The summed E-state index contributed by atoms with van der Waals surface area (Å²) in [7, 11) is 0. The normalized spacial score (nSPS) is 14.5. The smallest absolute Gasteiger partial charge is 0.340 e. The molecule has 0 saturated heterocycles. The summed E-state index contributed by atoms with van der Waals surface area (Å²) in [4.78, 5) is 36.7. The fourth-order valence-corrected chi connectivity index (χ4v) is 4.19. The van der Waals surface area contributed by atoms with Crippen molar-refractivity contribution in [2.75, 3.05) is 6.61 Å². The molecule has 1 saturated carbocycles. The summed E-state index contributed by atoms with van der Waals surface area (Å²) in [6.45, 7) is -0.569. The minimum atomic E-state index is -0.913. The molecule has 2 aromatic carbocycles. The molecule has 154 valence electrons. The lowest BCUT2D eigenvalue weighted by Gasteiger charge is -2.21. The highest BCUT2D eigenvalue weighted by Gasteiger charge is 2.35. The van der Waals surface area contributed by atoms with Crippen molar-refractivity contribution in [3.05, 3.63) is 64.2 Å². The molecule has 0 bridgehead atoms. The molecule has 1 fully saturated rings. The van der Waals surface area contributed by atoms with Crippen LogP contribution in [0.2, 0.25) is 0 Å². The molecule has 1 N–H and O–H groups in total. The van der Waals surface area contributed by atoms with Gasteiger partial charge in [0.15, 0.2) is 6.61 Å². The Balaban J connectivity index is 1.73. The van der Waals surface area contributed by atoms with Gasteiger partial charge in [-0.15, -0.1) is 0 Å². The van der Waals surface area contributed by atoms with E-state index in [2.05, 4.69) is 11.4 Å². The number of non-ortho nitro benzene ring substituents is 1. The van der Waals surface area contributed by atoms with Gasteiger partial charge in [-0.2, -0.15) is 5.26 Å². The standard InChI is InChI=1S/C21H19N3O5S/c22-14-21(10-4-5-11-21)23-19(25)13-29-20(26)17-12-15(24(27)28)8-9-18(17)30-16-6-2-1-3-7-16/h1-3,6-9,12H,4-5,10-11,13H2,(H,23,25). The second-order valence-corrected chi connectivity index (χ2v) is 7.99. The van der Waals surface area contributed by atoms with Gasteiger partial charge in [-0.1, -0.05) is 30.0 Å². The maximum atomic E-state index is 12.6. The topological polar surface area (TPSA) is 122 Å². The lowest BCUT2D eigenvalue weighted by atomic mass is 10.00. The Morgan fingerprint density at radius 2 is 1.90 bits per heavy atom. The first-order valence-corrected chi connectivity index (χ1v) is 10.1. The van der Waals surface area contributed by atoms with Crippen LogP contribution in [-0.2, 0) is 9.53 Å². The van der Waals surface area contributed by atoms with E-state index in [0.717, 1.165) is 23.8 Å². The molecular formula is C21H19N3O5S. The molecule has 0 aromatic heterocycles. The van der Waals surface area contributed by atoms with Gasteiger partial charge < -0.3 is 10.1 Å². The number of nitrogens with one attached hydrogen (secondary N) is 1. The third kappa shape index (κ3) is 5.15. The lowest BCUT2D eigenvalue weighted by Crippen LogP contribution is -2.46. The molecule has 30 heavy (non-hydrogen) atoms. The fraction of sp³-hybridized carbons (Fsp3) is 0.286. The van der Waals surface area contributed by atoms with E-state index in [9.17, 15) is 25.0 Å². The number of nitriles is 1. The van der Waals surface area contributed by atoms with Gasteiger partial charge in [-0.3, -0.25) is 14.9 Å². The average molecular weight is 425 g/mol. The monoisotopic (exact) mass is 425 g/mol. The van der Waals surface area contributed by atoms with Gasteiger partial charge >= 0.3 is 5.97 Å². The summed E-state index contributed by atoms with van der Waals surface area (Å²) < 4.78 is 5.11. The molecule has 1 aliphatic carbocycles. The number of esters is 1. The third-order valence-electron chi connectivity index (χ3n) is 4.75. The van der Waals surface area contributed by atoms with Crippen molar-refractivity contribution < 1.29 is 19.2 Å². The number of nitrogens with zero attached hydrogens (tertiary/aromatic N) is 2. The summed E-state index contributed by atoms with van der Waals surface area (Å²) in [5.41, 5.74) is -1.16. The number of nitro benzene ring substituents is 1. The van der Waals surface area contributed by atoms with Crippen LogP contribution in [0.5, 0.6) is 0 Å². The maximum absolute atomic E-state index is 12.6. The van der Waals surface area contributed by atoms with Gasteiger partial charge in [0.05, 0.1) is 16.6 Å². The Morgan fingerprint density at radius 1 is 1.20 bits per heavy atom. The van der Waals surface area contributed by atoms with Crippen LogP contribution in [0.1, 0.15) is 36.0 Å². The van der Waals surface area contributed by atoms with Crippen LogP contribution < -0.4 is 5.32 Å². The van der Waals surface area contributed by atoms with Crippen molar-refractivity contribution in [2.24, 2.45) is 0 Å². The summed E-state index contributed by atoms with van der Waals surface area (Å²) >= 11 is 1.26. The van der Waals surface area contributed by atoms with Crippen molar-refractivity contribution in [1.29, 1.82) is 5.26 Å². The number of nitro groups is 1. The van der Waals surface area contributed by atoms with E-state index in [4.69, 9.17) is 4.74 Å². The van der Waals surface area contributed by atoms with E-state index in [0.29, 0.717) is 17.7 Å². The molecule has 2 aromatic rings. The number of hydrogen-bond donors (Lipinski definition) is 1. The summed E-state index contributed by atoms with van der Waals surface area (Å²) in [6.07, 6.45) is 2.82. The van der Waals surface area contributed by atoms with Crippen molar-refractivity contribution >= 4 is 29.3 Å². The van der Waals surface area contributed by atoms with Crippen molar-refractivity contribution in [3.63, 3.8) is 0 Å². The minimum Gasteiger partial charge on any atom is -0.452 e. The van der Waals surface area contributed by atoms with E-state index in [1.165, 1.54) is 23.9 Å². The summed E-state index contributed by atoms with van der Waals surface area (Å²) in [5.74, 6) is -1.42. The van der Waals surface area contributed by atoms with Crippen molar-refractivity contribution in [2.45, 2.75) is 41.0 Å². The second-order valence-electron chi connectivity index (χ2n) is 6.88. The highest BCUT2D eigenvalue weighted by molar-refractivity contribution is 7.99. The zero-order valence-electron chi connectivity index (χ0n) is 16.0. The first-order chi connectivity index (χ1) is 14.4. The van der Waals surface area contributed by atoms with Crippen LogP contribution >= 0.6 is 11.8 Å². The molecule has 0 atom stereocenters. The van der Waals surface area contributed by atoms with Crippen LogP contribution in [0, 0.1) is 21.4 Å². The Labute approximate surface area is 177 Å². The fourth-order valence-electron chi connectivity index (χ4n) is 3.25. The van der Waals surface area contributed by atoms with Crippen LogP contribution in [0.15, 0.2) is 58.3 Å². The summed E-state index contributed by atoms with van der Waals surface area (Å²) in [6, 6.07) is 15.3. The van der Waals surface area contributed by atoms with Gasteiger partial charge in [-0.05, 0) is 43.9 Å². The van der Waals surface area contributed by atoms with Crippen molar-refractivity contribution in [3.8, 4) is 6.07 Å². The maximum Gasteiger partial charge on any atom is 0.340 e. The first-order valence-electron chi connectivity index (χ1n) is 9.33. The van der Waals surface area contributed by atoms with Crippen LogP contribution in [0.25, 0.3) is 0 Å². The second kappa shape index (κ2) is 9.41. The zero-order valence-corrected chi connectivity index (χ0v) is 16.8. The summed E-state index contributed by atoms with van der Waals surface area (Å²) in [5, 5.41) is 23.1. The number of carbonyl (C=O) groups is 2. The SMILES string of the molecule is N#CC1(NC(=O)COC(=O)c2cc([N+](=O)[O-])ccc2Sc2ccccc2)CCCC1. The molecule has 1 aliphatic rings. The van der Waals surface area contributed by atoms with Crippen LogP contribution in [0.3, 0.4) is 0 Å². The van der Waals surface area contributed by atoms with Crippen LogP contribution in [-0.4, -0.2) is 28.9 Å². The average Bonchev–Trinajstić information content (AvgIpc) is 3.21. The number of amides is 1. The minimum absolute atomic E-state index is 0.00159. The molecule has 1 amide bonds. The molecule has 8 nitrogen and oxygen atoms in total. The highest BCUT2D eigenvalue weighted by Crippen LogP contribution is 2.33. The molecule has 0 spiro atoms. The lowest BCUT2D eigenvalue weighted by molar-refractivity contribution is -0.384. The van der Waals surface area contributed by atoms with Gasteiger partial charge in [-0.25, -0.2) is 4.79 Å². The Kier molecular flexibility index (Phi) is 6.69. The van der Waals surface area contributed by atoms with E-state index >= 15 is 0 Å². The number of ether oxygens (including phenoxy) is 1. The van der Waals surface area contributed by atoms with Gasteiger partial charge in [0.25, 0.3) is 11.6 Å². The van der Waals surface area contributed by atoms with Gasteiger partial charge in [0.1, 0.15) is 5.54 Å². The van der Waals surface area contributed by atoms with Gasteiger partial charge in [0, 0.05) is 21.9 Å². The Morgan fingerprint density at radius 3 is 2.53 bits per heavy atom. The highest BCUT2D eigenvalue weighted by atomic mass is 32.2. The predicted octanol–water partition coefficient (Wildman–Crippen LogP) is 3.86. The van der Waals surface area contributed by atoms with Crippen molar-refractivity contribution in [1.82, 2.24) is 5.32 Å². The zero-order chi connectivity index (χ0) is 21.6. The van der Waals surface area contributed by atoms with E-state index in [1.54, 1.807) is 0 Å². The predicted molar refractivity (Wildman–Crippen MR) is 109 cm³/mol. The molecule has 0 unspecified atom stereocenters. The van der Waals surface area contributed by atoms with E-state index in [-0.39, 0.29) is 11.3 Å². The molecule has 9 heteroatoms. The molecule has 0 heterocycles. The third-order valence-corrected chi connectivity index (χ3v) is 5.83. The van der Waals surface area contributed by atoms with E-state index in [1.807, 2.05) is 30.3 Å². The number of hydrogen-bond acceptors (Lipinski definition) is 7. The number of carbonyl (C=O) groups excluding carboxylic acids is 2. The Bertz CT molecular complexity index is 997. The molecular weight excluding hydrogens is 406 g/mol. The number of benzene rings is 2.